The lowest BCUT2D eigenvalue weighted by molar-refractivity contribution is -0.143. The standard InChI is InChI=1S/C33H39F2N5O8S/c1-2-21-15-33(21,31(44)38-49(46,47)23-11-12-23)37-29(42)26-13-22-17-40(26)30(43)25(14-27(34)35)36-28(41)10-5-3-4-7-19-8-6-9-20-16-39(18-24(19)20)32(45)48-22/h2,4,6-9,21-23,25-27H,1,3,5,10-18H2,(H,36,41)(H,37,42)(H,38,44)/b7-4+/t21-,22-,25+,26+,33-/m1/s1. The van der Waals surface area contributed by atoms with E-state index in [2.05, 4.69) is 21.9 Å². The number of ether oxygens (including phenoxy) is 1. The zero-order chi connectivity index (χ0) is 35.1. The molecular weight excluding hydrogens is 664 g/mol. The molecule has 1 saturated heterocycles. The van der Waals surface area contributed by atoms with Gasteiger partial charge in [-0.15, -0.1) is 6.58 Å². The van der Waals surface area contributed by atoms with Gasteiger partial charge in [0.1, 0.15) is 23.7 Å². The lowest BCUT2D eigenvalue weighted by atomic mass is 10.0. The van der Waals surface area contributed by atoms with Crippen LogP contribution in [0, 0.1) is 5.92 Å². The molecule has 3 heterocycles. The fourth-order valence-corrected chi connectivity index (χ4v) is 8.17. The van der Waals surface area contributed by atoms with E-state index in [9.17, 15) is 41.2 Å². The van der Waals surface area contributed by atoms with Crippen LogP contribution in [-0.4, -0.2) is 89.9 Å². The van der Waals surface area contributed by atoms with Gasteiger partial charge < -0.3 is 20.3 Å². The maximum absolute atomic E-state index is 13.9. The topological polar surface area (TPSA) is 171 Å². The fourth-order valence-electron chi connectivity index (χ4n) is 6.80. The minimum atomic E-state index is -3.96. The summed E-state index contributed by atoms with van der Waals surface area (Å²) < 4.78 is 60.4. The Morgan fingerprint density at radius 1 is 1.18 bits per heavy atom. The largest absolute Gasteiger partial charge is 0.444 e. The Kier molecular flexibility index (Phi) is 9.52. The Hall–Kier alpha value is -4.34. The third kappa shape index (κ3) is 7.33. The molecule has 13 nitrogen and oxygen atoms in total. The van der Waals surface area contributed by atoms with E-state index in [4.69, 9.17) is 4.74 Å². The summed E-state index contributed by atoms with van der Waals surface area (Å²) in [6.07, 6.45) is 0.942. The second-order valence-corrected chi connectivity index (χ2v) is 15.3. The lowest BCUT2D eigenvalue weighted by Crippen LogP contribution is -2.58. The smallest absolute Gasteiger partial charge is 0.410 e. The molecule has 0 unspecified atom stereocenters. The second kappa shape index (κ2) is 13.5. The number of carbonyl (C=O) groups is 5. The van der Waals surface area contributed by atoms with Gasteiger partial charge in [-0.1, -0.05) is 36.4 Å². The molecular formula is C33H39F2N5O8S. The van der Waals surface area contributed by atoms with Gasteiger partial charge in [0.2, 0.25) is 34.2 Å². The van der Waals surface area contributed by atoms with Crippen LogP contribution in [0.25, 0.3) is 6.08 Å². The van der Waals surface area contributed by atoms with E-state index in [0.29, 0.717) is 25.7 Å². The summed E-state index contributed by atoms with van der Waals surface area (Å²) in [5, 5.41) is 4.30. The van der Waals surface area contributed by atoms with Crippen LogP contribution in [-0.2, 0) is 47.0 Å². The Morgan fingerprint density at radius 2 is 1.96 bits per heavy atom. The summed E-state index contributed by atoms with van der Waals surface area (Å²) in [6.45, 7) is 3.87. The number of nitrogens with zero attached hydrogens (tertiary/aromatic N) is 2. The lowest BCUT2D eigenvalue weighted by Gasteiger charge is -2.29. The number of benzene rings is 1. The van der Waals surface area contributed by atoms with Gasteiger partial charge in [0, 0.05) is 31.7 Å². The molecule has 16 heteroatoms. The third-order valence-electron chi connectivity index (χ3n) is 9.76. The predicted octanol–water partition coefficient (Wildman–Crippen LogP) is 2.11. The molecule has 5 amide bonds. The normalized spacial score (nSPS) is 29.4. The van der Waals surface area contributed by atoms with Gasteiger partial charge >= 0.3 is 6.09 Å². The molecule has 2 aliphatic carbocycles. The minimum Gasteiger partial charge on any atom is -0.444 e. The fraction of sp³-hybridized carbons (Fsp3) is 0.545. The highest BCUT2D eigenvalue weighted by Crippen LogP contribution is 2.45. The van der Waals surface area contributed by atoms with Crippen molar-refractivity contribution in [1.82, 2.24) is 25.2 Å². The van der Waals surface area contributed by atoms with Crippen molar-refractivity contribution in [1.29, 1.82) is 0 Å². The van der Waals surface area contributed by atoms with Crippen LogP contribution in [0.2, 0.25) is 0 Å². The van der Waals surface area contributed by atoms with Gasteiger partial charge in [0.15, 0.2) is 0 Å². The van der Waals surface area contributed by atoms with E-state index < -0.39 is 87.5 Å². The molecule has 3 aliphatic heterocycles. The first-order valence-corrected chi connectivity index (χ1v) is 18.0. The Bertz CT molecular complexity index is 1700. The summed E-state index contributed by atoms with van der Waals surface area (Å²) in [4.78, 5) is 69.8. The Labute approximate surface area is 282 Å². The van der Waals surface area contributed by atoms with Gasteiger partial charge in [-0.05, 0) is 48.8 Å². The van der Waals surface area contributed by atoms with Crippen LogP contribution in [0.1, 0.15) is 68.1 Å². The van der Waals surface area contributed by atoms with Gasteiger partial charge in [-0.3, -0.25) is 28.8 Å². The van der Waals surface area contributed by atoms with Crippen LogP contribution < -0.4 is 15.4 Å². The molecule has 264 valence electrons. The zero-order valence-electron chi connectivity index (χ0n) is 26.7. The van der Waals surface area contributed by atoms with Crippen molar-refractivity contribution < 1.29 is 45.9 Å². The summed E-state index contributed by atoms with van der Waals surface area (Å²) in [5.41, 5.74) is 1.12. The number of carbonyl (C=O) groups excluding carboxylic acids is 5. The van der Waals surface area contributed by atoms with Crippen LogP contribution in [0.15, 0.2) is 36.9 Å². The summed E-state index contributed by atoms with van der Waals surface area (Å²) >= 11 is 0. The quantitative estimate of drug-likeness (QED) is 0.346. The number of sulfonamides is 1. The molecule has 49 heavy (non-hydrogen) atoms. The molecule has 3 N–H and O–H groups in total. The van der Waals surface area contributed by atoms with E-state index in [1.54, 1.807) is 0 Å². The monoisotopic (exact) mass is 703 g/mol. The maximum atomic E-state index is 13.9. The highest BCUT2D eigenvalue weighted by Gasteiger charge is 2.62. The molecule has 0 aromatic heterocycles. The first kappa shape index (κ1) is 34.5. The second-order valence-electron chi connectivity index (χ2n) is 13.3. The minimum absolute atomic E-state index is 0.0352. The van der Waals surface area contributed by atoms with Gasteiger partial charge in [0.25, 0.3) is 5.91 Å². The van der Waals surface area contributed by atoms with Crippen molar-refractivity contribution in [3.8, 4) is 0 Å². The van der Waals surface area contributed by atoms with Gasteiger partial charge in [0.05, 0.1) is 18.3 Å². The number of nitrogens with one attached hydrogen (secondary N) is 3. The first-order chi connectivity index (χ1) is 23.3. The van der Waals surface area contributed by atoms with Crippen molar-refractivity contribution >= 4 is 45.8 Å². The molecule has 3 fully saturated rings. The molecule has 1 aromatic carbocycles. The number of hydrogen-bond acceptors (Lipinski definition) is 8. The molecule has 0 radical (unpaired) electrons. The molecule has 5 atom stereocenters. The SMILES string of the molecule is C=C[C@@H]1C[C@]1(NC(=O)[C@@H]1C[C@@H]2CN1C(=O)[C@H](CC(F)F)NC(=O)CCC/C=C/c1cccc3c1CN(C3)C(=O)O2)C(=O)NS(=O)(=O)C1CC1. The molecule has 5 aliphatic rings. The third-order valence-corrected chi connectivity index (χ3v) is 11.6. The number of rotatable bonds is 8. The van der Waals surface area contributed by atoms with Crippen molar-refractivity contribution in [3.63, 3.8) is 0 Å². The molecule has 1 aromatic rings. The van der Waals surface area contributed by atoms with E-state index >= 15 is 0 Å². The predicted molar refractivity (Wildman–Crippen MR) is 171 cm³/mol. The Morgan fingerprint density at radius 3 is 2.65 bits per heavy atom. The van der Waals surface area contributed by atoms with Crippen LogP contribution in [0.4, 0.5) is 13.6 Å². The van der Waals surface area contributed by atoms with Crippen molar-refractivity contribution in [2.24, 2.45) is 5.92 Å². The van der Waals surface area contributed by atoms with Gasteiger partial charge in [-0.25, -0.2) is 22.0 Å². The number of halogens is 2. The van der Waals surface area contributed by atoms with Crippen LogP contribution in [0.5, 0.6) is 0 Å². The van der Waals surface area contributed by atoms with E-state index in [1.807, 2.05) is 30.4 Å². The molecule has 4 bridgehead atoms. The Balaban J connectivity index is 1.27. The first-order valence-electron chi connectivity index (χ1n) is 16.4. The number of amides is 5. The highest BCUT2D eigenvalue weighted by atomic mass is 32.2. The zero-order valence-corrected chi connectivity index (χ0v) is 27.6. The van der Waals surface area contributed by atoms with Crippen LogP contribution >= 0.6 is 0 Å². The summed E-state index contributed by atoms with van der Waals surface area (Å²) in [6, 6.07) is 2.62. The number of fused-ring (bicyclic) bond motifs is 3. The van der Waals surface area contributed by atoms with E-state index in [0.717, 1.165) is 21.6 Å². The molecule has 6 rings (SSSR count). The molecule has 2 saturated carbocycles. The average molecular weight is 704 g/mol. The van der Waals surface area contributed by atoms with E-state index in [1.165, 1.54) is 11.0 Å². The van der Waals surface area contributed by atoms with Gasteiger partial charge in [-0.2, -0.15) is 0 Å². The summed E-state index contributed by atoms with van der Waals surface area (Å²) in [5.74, 6) is -4.02. The summed E-state index contributed by atoms with van der Waals surface area (Å²) in [7, 11) is -3.96. The van der Waals surface area contributed by atoms with Crippen molar-refractivity contribution in [2.75, 3.05) is 6.54 Å². The maximum Gasteiger partial charge on any atom is 0.410 e. The molecule has 0 spiro atoms. The number of alkyl halides is 2. The van der Waals surface area contributed by atoms with E-state index in [-0.39, 0.29) is 38.9 Å². The average Bonchev–Trinajstić information content (AvgIpc) is 3.94. The van der Waals surface area contributed by atoms with Crippen molar-refractivity contribution in [3.05, 3.63) is 53.6 Å². The highest BCUT2D eigenvalue weighted by molar-refractivity contribution is 7.91. The number of allylic oxidation sites excluding steroid dienone is 1. The van der Waals surface area contributed by atoms with Crippen molar-refractivity contribution in [2.45, 2.75) is 99.9 Å². The number of hydrogen-bond donors (Lipinski definition) is 3. The van der Waals surface area contributed by atoms with Crippen LogP contribution in [0.3, 0.4) is 0 Å².